The van der Waals surface area contributed by atoms with Gasteiger partial charge < -0.3 is 24.6 Å². The van der Waals surface area contributed by atoms with Crippen LogP contribution in [0.15, 0.2) is 0 Å². The van der Waals surface area contributed by atoms with Gasteiger partial charge in [0.05, 0.1) is 18.8 Å². The molecule has 2 atom stereocenters. The lowest BCUT2D eigenvalue weighted by atomic mass is 9.80. The minimum Gasteiger partial charge on any atom is -0.390 e. The van der Waals surface area contributed by atoms with Crippen LogP contribution in [0.1, 0.15) is 19.3 Å². The fraction of sp³-hybridized carbons (Fsp3) is 1.00. The second-order valence-electron chi connectivity index (χ2n) is 4.84. The predicted molar refractivity (Wildman–Crippen MR) is 58.1 cm³/mol. The quantitative estimate of drug-likeness (QED) is 0.660. The third-order valence-electron chi connectivity index (χ3n) is 3.43. The van der Waals surface area contributed by atoms with Gasteiger partial charge in [-0.25, -0.2) is 0 Å². The molecular formula is C11H21NO4. The first kappa shape index (κ1) is 12.3. The van der Waals surface area contributed by atoms with Crippen LogP contribution in [-0.4, -0.2) is 56.5 Å². The van der Waals surface area contributed by atoms with Gasteiger partial charge in [-0.05, 0) is 12.8 Å². The number of hydrogen-bond acceptors (Lipinski definition) is 5. The molecule has 0 aromatic carbocycles. The number of hydrogen-bond donors (Lipinski definition) is 2. The maximum absolute atomic E-state index is 10.6. The number of ether oxygens (including phenoxy) is 3. The molecule has 2 heterocycles. The van der Waals surface area contributed by atoms with Crippen molar-refractivity contribution in [1.29, 1.82) is 0 Å². The molecule has 2 unspecified atom stereocenters. The van der Waals surface area contributed by atoms with E-state index in [2.05, 4.69) is 5.32 Å². The van der Waals surface area contributed by atoms with Crippen molar-refractivity contribution in [3.05, 3.63) is 0 Å². The summed E-state index contributed by atoms with van der Waals surface area (Å²) >= 11 is 0. The molecule has 2 N–H and O–H groups in total. The summed E-state index contributed by atoms with van der Waals surface area (Å²) in [6.45, 7) is 1.37. The van der Waals surface area contributed by atoms with E-state index in [-0.39, 0.29) is 18.4 Å². The Kier molecular flexibility index (Phi) is 3.81. The normalized spacial score (nSPS) is 39.0. The van der Waals surface area contributed by atoms with Crippen LogP contribution < -0.4 is 5.32 Å². The van der Waals surface area contributed by atoms with E-state index in [9.17, 15) is 5.11 Å². The minimum absolute atomic E-state index is 0.256. The van der Waals surface area contributed by atoms with Gasteiger partial charge >= 0.3 is 0 Å². The zero-order valence-corrected chi connectivity index (χ0v) is 9.94. The van der Waals surface area contributed by atoms with Crippen molar-refractivity contribution in [2.75, 3.05) is 27.4 Å². The molecule has 0 spiro atoms. The molecule has 2 bridgehead atoms. The lowest BCUT2D eigenvalue weighted by molar-refractivity contribution is -0.163. The zero-order chi connectivity index (χ0) is 11.6. The second kappa shape index (κ2) is 4.98. The fourth-order valence-corrected chi connectivity index (χ4v) is 2.76. The Hall–Kier alpha value is -0.200. The molecule has 0 aromatic heterocycles. The Bertz CT molecular complexity index is 220. The number of morpholine rings is 1. The topological polar surface area (TPSA) is 60.0 Å². The average molecular weight is 231 g/mol. The molecule has 0 saturated carbocycles. The van der Waals surface area contributed by atoms with Crippen LogP contribution in [-0.2, 0) is 14.2 Å². The van der Waals surface area contributed by atoms with E-state index in [4.69, 9.17) is 14.2 Å². The third-order valence-corrected chi connectivity index (χ3v) is 3.43. The average Bonchev–Trinajstić information content (AvgIpc) is 2.25. The molecule has 0 amide bonds. The van der Waals surface area contributed by atoms with Crippen LogP contribution in [0, 0.1) is 0 Å². The van der Waals surface area contributed by atoms with Gasteiger partial charge in [0.2, 0.25) is 0 Å². The number of methoxy groups -OCH3 is 2. The highest BCUT2D eigenvalue weighted by Gasteiger charge is 2.42. The van der Waals surface area contributed by atoms with Crippen LogP contribution in [0.2, 0.25) is 0 Å². The Morgan fingerprint density at radius 2 is 1.88 bits per heavy atom. The van der Waals surface area contributed by atoms with Crippen LogP contribution >= 0.6 is 0 Å². The van der Waals surface area contributed by atoms with Gasteiger partial charge in [-0.3, -0.25) is 0 Å². The Labute approximate surface area is 96.1 Å². The van der Waals surface area contributed by atoms with Crippen molar-refractivity contribution in [2.24, 2.45) is 0 Å². The summed E-state index contributed by atoms with van der Waals surface area (Å²) < 4.78 is 15.8. The first-order valence-corrected chi connectivity index (χ1v) is 5.77. The maximum atomic E-state index is 10.6. The number of nitrogens with one attached hydrogen (secondary N) is 1. The van der Waals surface area contributed by atoms with Crippen molar-refractivity contribution in [2.45, 2.75) is 43.2 Å². The summed E-state index contributed by atoms with van der Waals surface area (Å²) in [5.41, 5.74) is -0.693. The van der Waals surface area contributed by atoms with Crippen LogP contribution in [0.25, 0.3) is 0 Å². The summed E-state index contributed by atoms with van der Waals surface area (Å²) in [6.07, 6.45) is 1.60. The lowest BCUT2D eigenvalue weighted by Gasteiger charge is -2.45. The molecule has 0 radical (unpaired) electrons. The molecule has 94 valence electrons. The second-order valence-corrected chi connectivity index (χ2v) is 4.84. The molecule has 2 fully saturated rings. The van der Waals surface area contributed by atoms with Crippen LogP contribution in [0.3, 0.4) is 0 Å². The highest BCUT2D eigenvalue weighted by atomic mass is 16.7. The minimum atomic E-state index is -0.693. The molecule has 5 nitrogen and oxygen atoms in total. The predicted octanol–water partition coefficient (Wildman–Crippen LogP) is -0.123. The van der Waals surface area contributed by atoms with Crippen LogP contribution in [0.4, 0.5) is 0 Å². The van der Waals surface area contributed by atoms with E-state index < -0.39 is 5.60 Å². The van der Waals surface area contributed by atoms with E-state index in [1.807, 2.05) is 0 Å². The van der Waals surface area contributed by atoms with Gasteiger partial charge in [0.1, 0.15) is 0 Å². The number of piperidine rings is 1. The highest BCUT2D eigenvalue weighted by Crippen LogP contribution is 2.32. The van der Waals surface area contributed by atoms with Crippen molar-refractivity contribution in [3.8, 4) is 0 Å². The maximum Gasteiger partial charge on any atom is 0.159 e. The lowest BCUT2D eigenvalue weighted by Crippen LogP contribution is -2.60. The van der Waals surface area contributed by atoms with Crippen molar-refractivity contribution in [1.82, 2.24) is 5.32 Å². The standard InChI is InChI=1S/C11H21NO4/c1-14-10(15-2)5-11(13)3-8-6-16-7-9(4-11)12-8/h8-10,12-13H,3-7H2,1-2H3. The largest absolute Gasteiger partial charge is 0.390 e. The fourth-order valence-electron chi connectivity index (χ4n) is 2.76. The van der Waals surface area contributed by atoms with E-state index in [0.717, 1.165) is 0 Å². The molecular weight excluding hydrogens is 210 g/mol. The SMILES string of the molecule is COC(CC1(O)CC2COCC(C1)N2)OC. The first-order chi connectivity index (χ1) is 7.65. The van der Waals surface area contributed by atoms with E-state index in [1.165, 1.54) is 0 Å². The smallest absolute Gasteiger partial charge is 0.159 e. The number of fused-ring (bicyclic) bond motifs is 2. The highest BCUT2D eigenvalue weighted by molar-refractivity contribution is 4.97. The Morgan fingerprint density at radius 1 is 1.31 bits per heavy atom. The Morgan fingerprint density at radius 3 is 2.38 bits per heavy atom. The Balaban J connectivity index is 1.96. The third kappa shape index (κ3) is 2.73. The van der Waals surface area contributed by atoms with E-state index >= 15 is 0 Å². The zero-order valence-electron chi connectivity index (χ0n) is 9.94. The molecule has 0 aromatic rings. The summed E-state index contributed by atoms with van der Waals surface area (Å²) in [4.78, 5) is 0. The van der Waals surface area contributed by atoms with Crippen LogP contribution in [0.5, 0.6) is 0 Å². The van der Waals surface area contributed by atoms with E-state index in [0.29, 0.717) is 32.5 Å². The van der Waals surface area contributed by atoms with Gasteiger partial charge in [0.25, 0.3) is 0 Å². The number of rotatable bonds is 4. The summed E-state index contributed by atoms with van der Waals surface area (Å²) in [6, 6.07) is 0.513. The van der Waals surface area contributed by atoms with Crippen molar-refractivity contribution < 1.29 is 19.3 Å². The molecule has 2 aliphatic rings. The molecule has 2 aliphatic heterocycles. The van der Waals surface area contributed by atoms with Gasteiger partial charge in [0.15, 0.2) is 6.29 Å². The first-order valence-electron chi connectivity index (χ1n) is 5.77. The molecule has 5 heteroatoms. The number of aliphatic hydroxyl groups is 1. The van der Waals surface area contributed by atoms with Crippen molar-refractivity contribution >= 4 is 0 Å². The summed E-state index contributed by atoms with van der Waals surface area (Å²) in [5.74, 6) is 0. The van der Waals surface area contributed by atoms with Gasteiger partial charge in [0, 0.05) is 32.7 Å². The molecule has 2 rings (SSSR count). The summed E-state index contributed by atoms with van der Waals surface area (Å²) in [7, 11) is 3.20. The van der Waals surface area contributed by atoms with Gasteiger partial charge in [-0.1, -0.05) is 0 Å². The van der Waals surface area contributed by atoms with Gasteiger partial charge in [-0.15, -0.1) is 0 Å². The van der Waals surface area contributed by atoms with Gasteiger partial charge in [-0.2, -0.15) is 0 Å². The molecule has 16 heavy (non-hydrogen) atoms. The molecule has 2 saturated heterocycles. The molecule has 0 aliphatic carbocycles. The summed E-state index contributed by atoms with van der Waals surface area (Å²) in [5, 5.41) is 14.0. The van der Waals surface area contributed by atoms with Crippen molar-refractivity contribution in [3.63, 3.8) is 0 Å². The van der Waals surface area contributed by atoms with E-state index in [1.54, 1.807) is 14.2 Å². The monoisotopic (exact) mass is 231 g/mol.